The maximum Gasteiger partial charge on any atom is 0.244 e. The molecule has 0 radical (unpaired) electrons. The van der Waals surface area contributed by atoms with Crippen molar-refractivity contribution in [2.75, 3.05) is 27.4 Å². The van der Waals surface area contributed by atoms with E-state index in [0.29, 0.717) is 23.1 Å². The molecule has 0 spiro atoms. The Hall–Kier alpha value is -2.50. The fourth-order valence-corrected chi connectivity index (χ4v) is 3.03. The van der Waals surface area contributed by atoms with Gasteiger partial charge in [0.05, 0.1) is 11.1 Å². The lowest BCUT2D eigenvalue weighted by atomic mass is 10.1. The van der Waals surface area contributed by atoms with E-state index in [1.165, 1.54) is 6.08 Å². The Labute approximate surface area is 158 Å². The van der Waals surface area contributed by atoms with Gasteiger partial charge in [0.25, 0.3) is 0 Å². The van der Waals surface area contributed by atoms with Crippen molar-refractivity contribution in [2.45, 2.75) is 6.04 Å². The molecule has 0 bridgehead atoms. The molecule has 1 atom stereocenters. The third kappa shape index (κ3) is 4.56. The van der Waals surface area contributed by atoms with Gasteiger partial charge in [-0.3, -0.25) is 4.79 Å². The van der Waals surface area contributed by atoms with Crippen LogP contribution in [0.1, 0.15) is 17.2 Å². The summed E-state index contributed by atoms with van der Waals surface area (Å²) in [4.78, 5) is 14.4. The largest absolute Gasteiger partial charge is 0.454 e. The first-order valence-electron chi connectivity index (χ1n) is 8.30. The predicted molar refractivity (Wildman–Crippen MR) is 102 cm³/mol. The summed E-state index contributed by atoms with van der Waals surface area (Å²) in [5.74, 6) is 0.963. The molecule has 1 aliphatic heterocycles. The van der Waals surface area contributed by atoms with E-state index in [0.717, 1.165) is 11.1 Å². The normalized spacial score (nSPS) is 14.0. The van der Waals surface area contributed by atoms with Crippen molar-refractivity contribution in [2.24, 2.45) is 0 Å². The molecule has 5 nitrogen and oxygen atoms in total. The van der Waals surface area contributed by atoms with Crippen LogP contribution >= 0.6 is 11.6 Å². The van der Waals surface area contributed by atoms with Gasteiger partial charge >= 0.3 is 0 Å². The number of carbonyl (C=O) groups is 1. The van der Waals surface area contributed by atoms with E-state index in [-0.39, 0.29) is 18.7 Å². The van der Waals surface area contributed by atoms with Gasteiger partial charge in [-0.1, -0.05) is 41.9 Å². The molecular weight excluding hydrogens is 352 g/mol. The third-order valence-corrected chi connectivity index (χ3v) is 4.22. The second-order valence-corrected chi connectivity index (χ2v) is 6.71. The minimum absolute atomic E-state index is 0.0938. The van der Waals surface area contributed by atoms with Crippen molar-refractivity contribution in [3.8, 4) is 11.5 Å². The maximum absolute atomic E-state index is 12.4. The average molecular weight is 373 g/mol. The van der Waals surface area contributed by atoms with Crippen LogP contribution in [-0.4, -0.2) is 38.2 Å². The number of hydrogen-bond acceptors (Lipinski definition) is 4. The zero-order chi connectivity index (χ0) is 18.5. The molecule has 0 aliphatic carbocycles. The Morgan fingerprint density at radius 2 is 2.04 bits per heavy atom. The molecule has 0 fully saturated rings. The van der Waals surface area contributed by atoms with Crippen molar-refractivity contribution in [3.05, 3.63) is 64.7 Å². The second kappa shape index (κ2) is 8.25. The van der Waals surface area contributed by atoms with Crippen LogP contribution in [0.4, 0.5) is 0 Å². The topological polar surface area (TPSA) is 50.8 Å². The summed E-state index contributed by atoms with van der Waals surface area (Å²) < 4.78 is 10.6. The van der Waals surface area contributed by atoms with Gasteiger partial charge in [-0.2, -0.15) is 0 Å². The molecule has 26 heavy (non-hydrogen) atoms. The SMILES string of the molecule is CN(C)C[C@@H](NC(=O)/C=C/c1cc(Cl)c2c(c1)OCO2)c1ccccc1. The van der Waals surface area contributed by atoms with Gasteiger partial charge in [0.1, 0.15) is 0 Å². The monoisotopic (exact) mass is 372 g/mol. The van der Waals surface area contributed by atoms with E-state index in [4.69, 9.17) is 21.1 Å². The molecular formula is C20H21ClN2O3. The number of nitrogens with zero attached hydrogens (tertiary/aromatic N) is 1. The number of benzene rings is 2. The number of ether oxygens (including phenoxy) is 2. The fraction of sp³-hybridized carbons (Fsp3) is 0.250. The van der Waals surface area contributed by atoms with Crippen LogP contribution in [0.15, 0.2) is 48.5 Å². The van der Waals surface area contributed by atoms with Gasteiger partial charge in [0, 0.05) is 12.6 Å². The minimum Gasteiger partial charge on any atom is -0.454 e. The van der Waals surface area contributed by atoms with Crippen LogP contribution in [0.2, 0.25) is 5.02 Å². The number of fused-ring (bicyclic) bond motifs is 1. The molecule has 1 amide bonds. The van der Waals surface area contributed by atoms with Crippen LogP contribution in [-0.2, 0) is 4.79 Å². The quantitative estimate of drug-likeness (QED) is 0.788. The number of rotatable bonds is 6. The zero-order valence-corrected chi connectivity index (χ0v) is 15.5. The molecule has 1 aliphatic rings. The highest BCUT2D eigenvalue weighted by Gasteiger charge is 2.18. The van der Waals surface area contributed by atoms with Crippen molar-refractivity contribution < 1.29 is 14.3 Å². The van der Waals surface area contributed by atoms with Gasteiger partial charge in [-0.15, -0.1) is 0 Å². The molecule has 0 saturated carbocycles. The van der Waals surface area contributed by atoms with E-state index in [1.54, 1.807) is 18.2 Å². The first-order chi connectivity index (χ1) is 12.5. The Morgan fingerprint density at radius 3 is 2.77 bits per heavy atom. The standard InChI is InChI=1S/C20H21ClN2O3/c1-23(2)12-17(15-6-4-3-5-7-15)22-19(24)9-8-14-10-16(21)20-18(11-14)25-13-26-20/h3-11,17H,12-13H2,1-2H3,(H,22,24)/b9-8+/t17-/m1/s1. The zero-order valence-electron chi connectivity index (χ0n) is 14.7. The molecule has 0 saturated heterocycles. The highest BCUT2D eigenvalue weighted by atomic mass is 35.5. The van der Waals surface area contributed by atoms with Gasteiger partial charge in [0.2, 0.25) is 12.7 Å². The Kier molecular flexibility index (Phi) is 5.81. The lowest BCUT2D eigenvalue weighted by molar-refractivity contribution is -0.117. The van der Waals surface area contributed by atoms with Crippen molar-refractivity contribution in [1.29, 1.82) is 0 Å². The number of likely N-dealkylation sites (N-methyl/N-ethyl adjacent to an activating group) is 1. The number of carbonyl (C=O) groups excluding carboxylic acids is 1. The van der Waals surface area contributed by atoms with E-state index in [9.17, 15) is 4.79 Å². The molecule has 3 rings (SSSR count). The van der Waals surface area contributed by atoms with Crippen LogP contribution in [0, 0.1) is 0 Å². The van der Waals surface area contributed by atoms with Crippen molar-refractivity contribution in [3.63, 3.8) is 0 Å². The molecule has 1 heterocycles. The van der Waals surface area contributed by atoms with Crippen LogP contribution < -0.4 is 14.8 Å². The summed E-state index contributed by atoms with van der Waals surface area (Å²) in [7, 11) is 3.96. The van der Waals surface area contributed by atoms with Crippen LogP contribution in [0.3, 0.4) is 0 Å². The number of hydrogen-bond donors (Lipinski definition) is 1. The summed E-state index contributed by atoms with van der Waals surface area (Å²) >= 11 is 6.17. The maximum atomic E-state index is 12.4. The van der Waals surface area contributed by atoms with Crippen LogP contribution in [0.5, 0.6) is 11.5 Å². The summed E-state index contributed by atoms with van der Waals surface area (Å²) in [6.45, 7) is 0.867. The number of nitrogens with one attached hydrogen (secondary N) is 1. The van der Waals surface area contributed by atoms with Gasteiger partial charge in [0.15, 0.2) is 11.5 Å². The Balaban J connectivity index is 1.70. The molecule has 0 aromatic heterocycles. The van der Waals surface area contributed by atoms with Crippen LogP contribution in [0.25, 0.3) is 6.08 Å². The van der Waals surface area contributed by atoms with Gasteiger partial charge in [-0.25, -0.2) is 0 Å². The van der Waals surface area contributed by atoms with E-state index >= 15 is 0 Å². The average Bonchev–Trinajstić information content (AvgIpc) is 3.09. The molecule has 136 valence electrons. The van der Waals surface area contributed by atoms with Gasteiger partial charge in [-0.05, 0) is 43.4 Å². The molecule has 1 N–H and O–H groups in total. The highest BCUT2D eigenvalue weighted by Crippen LogP contribution is 2.40. The molecule has 6 heteroatoms. The number of halogens is 1. The predicted octanol–water partition coefficient (Wildman–Crippen LogP) is 3.50. The second-order valence-electron chi connectivity index (χ2n) is 6.30. The molecule has 2 aromatic rings. The molecule has 2 aromatic carbocycles. The lowest BCUT2D eigenvalue weighted by Crippen LogP contribution is -2.34. The van der Waals surface area contributed by atoms with E-state index < -0.39 is 0 Å². The number of amides is 1. The van der Waals surface area contributed by atoms with Gasteiger partial charge < -0.3 is 19.7 Å². The van der Waals surface area contributed by atoms with E-state index in [2.05, 4.69) is 5.32 Å². The fourth-order valence-electron chi connectivity index (χ4n) is 2.76. The first-order valence-corrected chi connectivity index (χ1v) is 8.68. The first kappa shape index (κ1) is 18.3. The third-order valence-electron chi connectivity index (χ3n) is 3.94. The Bertz CT molecular complexity index is 806. The minimum atomic E-state index is -0.172. The smallest absolute Gasteiger partial charge is 0.244 e. The van der Waals surface area contributed by atoms with E-state index in [1.807, 2.05) is 49.3 Å². The Morgan fingerprint density at radius 1 is 1.27 bits per heavy atom. The summed E-state index contributed by atoms with van der Waals surface area (Å²) in [6.07, 6.45) is 3.21. The lowest BCUT2D eigenvalue weighted by Gasteiger charge is -2.22. The summed E-state index contributed by atoms with van der Waals surface area (Å²) in [6, 6.07) is 13.4. The summed E-state index contributed by atoms with van der Waals surface area (Å²) in [5.41, 5.74) is 1.84. The van der Waals surface area contributed by atoms with Crippen molar-refractivity contribution >= 4 is 23.6 Å². The molecule has 0 unspecified atom stereocenters. The highest BCUT2D eigenvalue weighted by molar-refractivity contribution is 6.32. The van der Waals surface area contributed by atoms with Crippen molar-refractivity contribution in [1.82, 2.24) is 10.2 Å². The summed E-state index contributed by atoms with van der Waals surface area (Å²) in [5, 5.41) is 3.51.